The molecule has 0 radical (unpaired) electrons. The van der Waals surface area contributed by atoms with Crippen LogP contribution in [0.3, 0.4) is 0 Å². The topological polar surface area (TPSA) is 134 Å². The number of hydrogen-bond acceptors (Lipinski definition) is 10. The van der Waals surface area contributed by atoms with Gasteiger partial charge in [-0.05, 0) is 25.0 Å². The lowest BCUT2D eigenvalue weighted by Crippen LogP contribution is -2.50. The van der Waals surface area contributed by atoms with Crippen molar-refractivity contribution in [3.05, 3.63) is 23.9 Å². The largest absolute Gasteiger partial charge is 0.485 e. The van der Waals surface area contributed by atoms with Crippen LogP contribution in [0.4, 0.5) is 30.6 Å². The van der Waals surface area contributed by atoms with Gasteiger partial charge in [-0.3, -0.25) is 4.90 Å². The van der Waals surface area contributed by atoms with Crippen LogP contribution in [0.2, 0.25) is 0 Å². The van der Waals surface area contributed by atoms with E-state index in [2.05, 4.69) is 30.5 Å². The van der Waals surface area contributed by atoms with Crippen LogP contribution < -0.4 is 20.1 Å². The second kappa shape index (κ2) is 10.8. The van der Waals surface area contributed by atoms with Crippen LogP contribution >= 0.6 is 0 Å². The van der Waals surface area contributed by atoms with Crippen LogP contribution in [0.15, 0.2) is 23.2 Å². The van der Waals surface area contributed by atoms with Crippen LogP contribution in [-0.2, 0) is 20.9 Å². The standard InChI is InChI=1S/C25H30F3N7O5S/c1-29-22-19-16(25(26,27)28)14-30-23(19)33-24(32-22)31-17-2-3-18(21-20(17)39-12-13-40-21)41(36,37)35-6-4-15(5-7-35)34-8-10-38-11-9-34/h2-3,14-15H,4-13H2,1H3,(H3,29,30,31,32,33). The number of ether oxygens (including phenoxy) is 3. The number of nitrogens with zero attached hydrogens (tertiary/aromatic N) is 4. The van der Waals surface area contributed by atoms with Crippen LogP contribution in [0.1, 0.15) is 18.4 Å². The van der Waals surface area contributed by atoms with Gasteiger partial charge < -0.3 is 29.8 Å². The van der Waals surface area contributed by atoms with Crippen LogP contribution in [0.25, 0.3) is 11.0 Å². The highest BCUT2D eigenvalue weighted by molar-refractivity contribution is 7.89. The molecule has 0 saturated carbocycles. The van der Waals surface area contributed by atoms with Crippen molar-refractivity contribution in [1.82, 2.24) is 24.2 Å². The third-order valence-electron chi connectivity index (χ3n) is 7.58. The summed E-state index contributed by atoms with van der Waals surface area (Å²) < 4.78 is 86.4. The zero-order valence-electron chi connectivity index (χ0n) is 22.3. The van der Waals surface area contributed by atoms with Crippen molar-refractivity contribution < 1.29 is 35.8 Å². The molecule has 12 nitrogen and oxygen atoms in total. The number of rotatable bonds is 6. The summed E-state index contributed by atoms with van der Waals surface area (Å²) >= 11 is 0. The van der Waals surface area contributed by atoms with Gasteiger partial charge in [0.2, 0.25) is 16.0 Å². The van der Waals surface area contributed by atoms with Crippen LogP contribution in [0.5, 0.6) is 11.5 Å². The monoisotopic (exact) mass is 597 g/mol. The molecule has 0 unspecified atom stereocenters. The fraction of sp³-hybridized carbons (Fsp3) is 0.520. The van der Waals surface area contributed by atoms with Gasteiger partial charge in [-0.2, -0.15) is 27.4 Å². The quantitative estimate of drug-likeness (QED) is 0.389. The minimum atomic E-state index is -4.59. The predicted octanol–water partition coefficient (Wildman–Crippen LogP) is 3.02. The van der Waals surface area contributed by atoms with Crippen molar-refractivity contribution in [3.8, 4) is 11.5 Å². The Labute approximate surface area is 234 Å². The van der Waals surface area contributed by atoms with Gasteiger partial charge >= 0.3 is 6.18 Å². The summed E-state index contributed by atoms with van der Waals surface area (Å²) in [7, 11) is -2.43. The summed E-state index contributed by atoms with van der Waals surface area (Å²) in [5.74, 6) is 0.190. The first-order valence-corrected chi connectivity index (χ1v) is 14.8. The summed E-state index contributed by atoms with van der Waals surface area (Å²) in [6.07, 6.45) is -2.31. The number of nitrogens with one attached hydrogen (secondary N) is 3. The van der Waals surface area contributed by atoms with E-state index in [0.717, 1.165) is 32.1 Å². The third kappa shape index (κ3) is 5.24. The Morgan fingerprint density at radius 3 is 2.39 bits per heavy atom. The van der Waals surface area contributed by atoms with Crippen molar-refractivity contribution >= 4 is 38.5 Å². The van der Waals surface area contributed by atoms with E-state index < -0.39 is 21.8 Å². The second-order valence-corrected chi connectivity index (χ2v) is 11.9. The molecule has 0 aliphatic carbocycles. The summed E-state index contributed by atoms with van der Waals surface area (Å²) in [5, 5.41) is 5.45. The molecule has 5 heterocycles. The smallest absolute Gasteiger partial charge is 0.418 e. The maximum absolute atomic E-state index is 13.7. The second-order valence-electron chi connectivity index (χ2n) is 9.94. The first-order valence-electron chi connectivity index (χ1n) is 13.3. The lowest BCUT2D eigenvalue weighted by Gasteiger charge is -2.39. The van der Waals surface area contributed by atoms with E-state index in [9.17, 15) is 21.6 Å². The van der Waals surface area contributed by atoms with Gasteiger partial charge in [-0.25, -0.2) is 8.42 Å². The highest BCUT2D eigenvalue weighted by Crippen LogP contribution is 2.45. The SMILES string of the molecule is CNc1nc(Nc2ccc(S(=O)(=O)N3CCC(N4CCOCC4)CC3)c3c2OCCO3)nc2[nH]cc(C(F)(F)F)c12. The molecule has 222 valence electrons. The highest BCUT2D eigenvalue weighted by atomic mass is 32.2. The molecule has 3 aliphatic heterocycles. The number of H-pyrrole nitrogens is 1. The molecule has 1 aromatic carbocycles. The number of piperidine rings is 1. The minimum Gasteiger partial charge on any atom is -0.485 e. The van der Waals surface area contributed by atoms with Crippen molar-refractivity contribution in [1.29, 1.82) is 0 Å². The fourth-order valence-electron chi connectivity index (χ4n) is 5.56. The van der Waals surface area contributed by atoms with E-state index in [0.29, 0.717) is 38.0 Å². The van der Waals surface area contributed by atoms with E-state index in [1.54, 1.807) is 0 Å². The molecule has 2 aromatic heterocycles. The number of fused-ring (bicyclic) bond motifs is 2. The average Bonchev–Trinajstić information content (AvgIpc) is 3.42. The Morgan fingerprint density at radius 2 is 1.71 bits per heavy atom. The van der Waals surface area contributed by atoms with Gasteiger partial charge in [0.25, 0.3) is 0 Å². The number of benzene rings is 1. The molecule has 0 atom stereocenters. The normalized spacial score (nSPS) is 19.4. The van der Waals surface area contributed by atoms with Gasteiger partial charge in [0.05, 0.1) is 29.9 Å². The molecule has 6 rings (SSSR count). The first-order chi connectivity index (χ1) is 19.7. The van der Waals surface area contributed by atoms with E-state index in [1.165, 1.54) is 23.5 Å². The molecule has 0 bridgehead atoms. The predicted molar refractivity (Wildman–Crippen MR) is 143 cm³/mol. The van der Waals surface area contributed by atoms with Crippen molar-refractivity contribution in [3.63, 3.8) is 0 Å². The number of hydrogen-bond donors (Lipinski definition) is 3. The Bertz CT molecular complexity index is 1530. The van der Waals surface area contributed by atoms with Gasteiger partial charge in [-0.15, -0.1) is 0 Å². The molecular formula is C25H30F3N7O5S. The summed E-state index contributed by atoms with van der Waals surface area (Å²) in [4.78, 5) is 13.3. The third-order valence-corrected chi connectivity index (χ3v) is 9.50. The highest BCUT2D eigenvalue weighted by Gasteiger charge is 2.37. The average molecular weight is 598 g/mol. The first kappa shape index (κ1) is 27.8. The van der Waals surface area contributed by atoms with Gasteiger partial charge in [0.1, 0.15) is 29.6 Å². The van der Waals surface area contributed by atoms with Gasteiger partial charge in [0, 0.05) is 45.5 Å². The number of morpholine rings is 1. The number of anilines is 3. The zero-order valence-corrected chi connectivity index (χ0v) is 23.1. The number of aromatic nitrogens is 3. The van der Waals surface area contributed by atoms with E-state index in [-0.39, 0.29) is 52.4 Å². The van der Waals surface area contributed by atoms with Gasteiger partial charge in [0.15, 0.2) is 11.5 Å². The van der Waals surface area contributed by atoms with E-state index in [1.807, 2.05) is 0 Å². The molecule has 2 fully saturated rings. The lowest BCUT2D eigenvalue weighted by molar-refractivity contribution is -0.136. The maximum Gasteiger partial charge on any atom is 0.418 e. The van der Waals surface area contributed by atoms with Crippen LogP contribution in [0, 0.1) is 0 Å². The fourth-order valence-corrected chi connectivity index (χ4v) is 7.15. The molecule has 16 heteroatoms. The van der Waals surface area contributed by atoms with Crippen LogP contribution in [-0.4, -0.2) is 98.3 Å². The molecule has 2 saturated heterocycles. The summed E-state index contributed by atoms with van der Waals surface area (Å²) in [5.41, 5.74) is -0.598. The van der Waals surface area contributed by atoms with E-state index in [4.69, 9.17) is 14.2 Å². The van der Waals surface area contributed by atoms with Gasteiger partial charge in [-0.1, -0.05) is 0 Å². The Kier molecular flexibility index (Phi) is 7.33. The molecule has 3 aliphatic rings. The molecule has 0 amide bonds. The molecule has 41 heavy (non-hydrogen) atoms. The summed E-state index contributed by atoms with van der Waals surface area (Å²) in [6, 6.07) is 3.27. The molecular weight excluding hydrogens is 567 g/mol. The number of sulfonamides is 1. The zero-order chi connectivity index (χ0) is 28.8. The van der Waals surface area contributed by atoms with E-state index >= 15 is 0 Å². The van der Waals surface area contributed by atoms with Crippen molar-refractivity contribution in [2.75, 3.05) is 70.3 Å². The number of alkyl halides is 3. The Balaban J connectivity index is 1.27. The Hall–Kier alpha value is -3.34. The van der Waals surface area contributed by atoms with Crippen molar-refractivity contribution in [2.24, 2.45) is 0 Å². The molecule has 3 aromatic rings. The maximum atomic E-state index is 13.7. The Morgan fingerprint density at radius 1 is 1.00 bits per heavy atom. The molecule has 3 N–H and O–H groups in total. The lowest BCUT2D eigenvalue weighted by atomic mass is 10.0. The number of aromatic amines is 1. The number of halogens is 3. The molecule has 0 spiro atoms. The van der Waals surface area contributed by atoms with Crippen molar-refractivity contribution in [2.45, 2.75) is 30.0 Å². The summed E-state index contributed by atoms with van der Waals surface area (Å²) in [6.45, 7) is 4.20. The minimum absolute atomic E-state index is 0.00552.